The minimum Gasteiger partial charge on any atom is -0.491 e. The summed E-state index contributed by atoms with van der Waals surface area (Å²) in [4.78, 5) is 23.8. The molecule has 1 N–H and O–H groups in total. The lowest BCUT2D eigenvalue weighted by molar-refractivity contribution is -0.143. The largest absolute Gasteiger partial charge is 0.491 e. The molecular weight excluding hydrogens is 354 g/mol. The van der Waals surface area contributed by atoms with Crippen molar-refractivity contribution in [1.29, 1.82) is 0 Å². The first-order valence-electron chi connectivity index (χ1n) is 9.79. The number of esters is 1. The lowest BCUT2D eigenvalue weighted by atomic mass is 10.1. The number of anilines is 1. The lowest BCUT2D eigenvalue weighted by Crippen LogP contribution is -2.13. The van der Waals surface area contributed by atoms with E-state index in [-0.39, 0.29) is 30.8 Å². The maximum Gasteiger partial charge on any atom is 0.305 e. The first-order valence-corrected chi connectivity index (χ1v) is 9.79. The van der Waals surface area contributed by atoms with E-state index < -0.39 is 0 Å². The van der Waals surface area contributed by atoms with Gasteiger partial charge in [0.2, 0.25) is 5.91 Å². The quantitative estimate of drug-likeness (QED) is 0.449. The van der Waals surface area contributed by atoms with Crippen molar-refractivity contribution in [3.05, 3.63) is 60.2 Å². The third-order valence-electron chi connectivity index (χ3n) is 3.99. The zero-order valence-electron chi connectivity index (χ0n) is 16.6. The number of aryl methyl sites for hydroxylation is 1. The van der Waals surface area contributed by atoms with Crippen molar-refractivity contribution < 1.29 is 19.1 Å². The zero-order chi connectivity index (χ0) is 20.2. The van der Waals surface area contributed by atoms with Crippen LogP contribution in [0, 0.1) is 0 Å². The topological polar surface area (TPSA) is 64.6 Å². The average Bonchev–Trinajstić information content (AvgIpc) is 2.66. The lowest BCUT2D eigenvalue weighted by Gasteiger charge is -2.11. The van der Waals surface area contributed by atoms with E-state index in [2.05, 4.69) is 17.4 Å². The summed E-state index contributed by atoms with van der Waals surface area (Å²) in [6, 6.07) is 17.4. The maximum absolute atomic E-state index is 12.0. The van der Waals surface area contributed by atoms with E-state index in [9.17, 15) is 9.59 Å². The SMILES string of the molecule is CC(C)Oc1cccc(NC(=O)CCCC(=O)OCCCc2ccccc2)c1. The molecule has 2 aromatic carbocycles. The first-order chi connectivity index (χ1) is 13.5. The van der Waals surface area contributed by atoms with E-state index in [0.717, 1.165) is 12.8 Å². The fourth-order valence-electron chi connectivity index (χ4n) is 2.72. The second-order valence-corrected chi connectivity index (χ2v) is 6.91. The summed E-state index contributed by atoms with van der Waals surface area (Å²) in [6.45, 7) is 4.31. The van der Waals surface area contributed by atoms with E-state index in [1.807, 2.05) is 50.2 Å². The molecule has 0 radical (unpaired) electrons. The Hall–Kier alpha value is -2.82. The standard InChI is InChI=1S/C23H29NO4/c1-18(2)28-21-13-6-12-20(17-21)24-22(25)14-7-15-23(26)27-16-8-11-19-9-4-3-5-10-19/h3-6,9-10,12-13,17-18H,7-8,11,14-16H2,1-2H3,(H,24,25). The molecule has 5 nitrogen and oxygen atoms in total. The summed E-state index contributed by atoms with van der Waals surface area (Å²) in [7, 11) is 0. The highest BCUT2D eigenvalue weighted by Crippen LogP contribution is 2.19. The van der Waals surface area contributed by atoms with Gasteiger partial charge in [-0.3, -0.25) is 9.59 Å². The molecule has 0 aliphatic carbocycles. The highest BCUT2D eigenvalue weighted by molar-refractivity contribution is 5.91. The Morgan fingerprint density at radius 1 is 0.964 bits per heavy atom. The number of carbonyl (C=O) groups is 2. The van der Waals surface area contributed by atoms with E-state index in [1.165, 1.54) is 5.56 Å². The number of ether oxygens (including phenoxy) is 2. The van der Waals surface area contributed by atoms with Gasteiger partial charge in [0.1, 0.15) is 5.75 Å². The van der Waals surface area contributed by atoms with Crippen LogP contribution in [-0.2, 0) is 20.7 Å². The Labute approximate surface area is 167 Å². The smallest absolute Gasteiger partial charge is 0.305 e. The summed E-state index contributed by atoms with van der Waals surface area (Å²) >= 11 is 0. The second kappa shape index (κ2) is 11.8. The predicted molar refractivity (Wildman–Crippen MR) is 110 cm³/mol. The highest BCUT2D eigenvalue weighted by atomic mass is 16.5. The van der Waals surface area contributed by atoms with Gasteiger partial charge in [-0.25, -0.2) is 0 Å². The van der Waals surface area contributed by atoms with Crippen molar-refractivity contribution in [1.82, 2.24) is 0 Å². The Balaban J connectivity index is 1.59. The van der Waals surface area contributed by atoms with Gasteiger partial charge < -0.3 is 14.8 Å². The van der Waals surface area contributed by atoms with Crippen LogP contribution < -0.4 is 10.1 Å². The van der Waals surface area contributed by atoms with Gasteiger partial charge in [-0.15, -0.1) is 0 Å². The van der Waals surface area contributed by atoms with Gasteiger partial charge in [0.25, 0.3) is 0 Å². The fourth-order valence-corrected chi connectivity index (χ4v) is 2.72. The molecule has 0 heterocycles. The highest BCUT2D eigenvalue weighted by Gasteiger charge is 2.08. The van der Waals surface area contributed by atoms with Gasteiger partial charge in [-0.05, 0) is 50.8 Å². The molecule has 28 heavy (non-hydrogen) atoms. The molecule has 0 aliphatic heterocycles. The molecule has 0 saturated carbocycles. The molecule has 0 aromatic heterocycles. The molecule has 1 amide bonds. The fraction of sp³-hybridized carbons (Fsp3) is 0.391. The second-order valence-electron chi connectivity index (χ2n) is 6.91. The first kappa shape index (κ1) is 21.5. The zero-order valence-corrected chi connectivity index (χ0v) is 16.6. The van der Waals surface area contributed by atoms with Crippen LogP contribution in [0.25, 0.3) is 0 Å². The maximum atomic E-state index is 12.0. The Bertz CT molecular complexity index is 743. The molecule has 0 saturated heterocycles. The minimum absolute atomic E-state index is 0.0738. The summed E-state index contributed by atoms with van der Waals surface area (Å²) in [5.74, 6) is 0.332. The van der Waals surface area contributed by atoms with E-state index in [0.29, 0.717) is 24.5 Å². The normalized spacial score (nSPS) is 10.5. The van der Waals surface area contributed by atoms with Crippen molar-refractivity contribution in [2.24, 2.45) is 0 Å². The van der Waals surface area contributed by atoms with Gasteiger partial charge in [-0.2, -0.15) is 0 Å². The molecule has 150 valence electrons. The molecule has 5 heteroatoms. The third kappa shape index (κ3) is 8.71. The number of rotatable bonds is 11. The van der Waals surface area contributed by atoms with E-state index in [4.69, 9.17) is 9.47 Å². The molecule has 2 aromatic rings. The molecule has 0 atom stereocenters. The van der Waals surface area contributed by atoms with Crippen LogP contribution in [-0.4, -0.2) is 24.6 Å². The van der Waals surface area contributed by atoms with Crippen LogP contribution in [0.3, 0.4) is 0 Å². The Kier molecular flexibility index (Phi) is 9.05. The van der Waals surface area contributed by atoms with E-state index >= 15 is 0 Å². The monoisotopic (exact) mass is 383 g/mol. The van der Waals surface area contributed by atoms with Crippen molar-refractivity contribution in [3.63, 3.8) is 0 Å². The van der Waals surface area contributed by atoms with Gasteiger partial charge in [0.05, 0.1) is 12.7 Å². The molecule has 0 aliphatic rings. The van der Waals surface area contributed by atoms with Crippen molar-refractivity contribution in [2.75, 3.05) is 11.9 Å². The predicted octanol–water partition coefficient (Wildman–Crippen LogP) is 4.76. The molecular formula is C23H29NO4. The summed E-state index contributed by atoms with van der Waals surface area (Å²) in [5, 5.41) is 2.83. The number of benzene rings is 2. The van der Waals surface area contributed by atoms with Gasteiger partial charge in [0.15, 0.2) is 0 Å². The number of carbonyl (C=O) groups excluding carboxylic acids is 2. The van der Waals surface area contributed by atoms with Crippen molar-refractivity contribution in [3.8, 4) is 5.75 Å². The summed E-state index contributed by atoms with van der Waals surface area (Å²) in [6.07, 6.45) is 2.74. The molecule has 0 unspecified atom stereocenters. The van der Waals surface area contributed by atoms with Crippen LogP contribution >= 0.6 is 0 Å². The summed E-state index contributed by atoms with van der Waals surface area (Å²) < 4.78 is 10.8. The van der Waals surface area contributed by atoms with Gasteiger partial charge in [-0.1, -0.05) is 36.4 Å². The van der Waals surface area contributed by atoms with Gasteiger partial charge in [0, 0.05) is 24.6 Å². The molecule has 0 spiro atoms. The Morgan fingerprint density at radius 2 is 1.75 bits per heavy atom. The molecule has 2 rings (SSSR count). The number of amides is 1. The van der Waals surface area contributed by atoms with E-state index in [1.54, 1.807) is 6.07 Å². The third-order valence-corrected chi connectivity index (χ3v) is 3.99. The van der Waals surface area contributed by atoms with Gasteiger partial charge >= 0.3 is 5.97 Å². The number of hydrogen-bond acceptors (Lipinski definition) is 4. The number of hydrogen-bond donors (Lipinski definition) is 1. The van der Waals surface area contributed by atoms with Crippen molar-refractivity contribution in [2.45, 2.75) is 52.1 Å². The number of nitrogens with one attached hydrogen (secondary N) is 1. The molecule has 0 bridgehead atoms. The van der Waals surface area contributed by atoms with Crippen LogP contribution in [0.15, 0.2) is 54.6 Å². The van der Waals surface area contributed by atoms with Crippen LogP contribution in [0.5, 0.6) is 5.75 Å². The van der Waals surface area contributed by atoms with Crippen molar-refractivity contribution >= 4 is 17.6 Å². The summed E-state index contributed by atoms with van der Waals surface area (Å²) in [5.41, 5.74) is 1.92. The van der Waals surface area contributed by atoms with Crippen LogP contribution in [0.4, 0.5) is 5.69 Å². The minimum atomic E-state index is -0.256. The average molecular weight is 383 g/mol. The molecule has 0 fully saturated rings. The van der Waals surface area contributed by atoms with Crippen LogP contribution in [0.2, 0.25) is 0 Å². The van der Waals surface area contributed by atoms with Crippen LogP contribution in [0.1, 0.15) is 45.1 Å². The Morgan fingerprint density at radius 3 is 2.50 bits per heavy atom.